The summed E-state index contributed by atoms with van der Waals surface area (Å²) in [5.41, 5.74) is 2.05. The highest BCUT2D eigenvalue weighted by Gasteiger charge is 2.13. The summed E-state index contributed by atoms with van der Waals surface area (Å²) in [6.07, 6.45) is 0.0815. The van der Waals surface area contributed by atoms with Crippen LogP contribution in [0, 0.1) is 11.3 Å². The summed E-state index contributed by atoms with van der Waals surface area (Å²) < 4.78 is 4.87. The van der Waals surface area contributed by atoms with E-state index in [9.17, 15) is 4.79 Å². The van der Waals surface area contributed by atoms with E-state index in [-0.39, 0.29) is 12.4 Å². The third-order valence-electron chi connectivity index (χ3n) is 2.19. The number of thiol groups is 1. The zero-order valence-electron chi connectivity index (χ0n) is 9.36. The van der Waals surface area contributed by atoms with Gasteiger partial charge in [-0.3, -0.25) is 4.79 Å². The fourth-order valence-electron chi connectivity index (χ4n) is 1.43. The Hall–Kier alpha value is -0.990. The average molecular weight is 314 g/mol. The van der Waals surface area contributed by atoms with Gasteiger partial charge in [0.25, 0.3) is 0 Å². The molecule has 3 nitrogen and oxygen atoms in total. The number of rotatable bonds is 4. The molecular formula is C12H12BrNO2S. The largest absolute Gasteiger partial charge is 0.466 e. The second kappa shape index (κ2) is 6.67. The van der Waals surface area contributed by atoms with Crippen molar-refractivity contribution in [2.45, 2.75) is 23.6 Å². The van der Waals surface area contributed by atoms with Gasteiger partial charge in [0.15, 0.2) is 0 Å². The highest BCUT2D eigenvalue weighted by Crippen LogP contribution is 2.23. The zero-order chi connectivity index (χ0) is 12.8. The molecule has 0 bridgehead atoms. The van der Waals surface area contributed by atoms with Gasteiger partial charge in [-0.2, -0.15) is 5.26 Å². The summed E-state index contributed by atoms with van der Waals surface area (Å²) in [6.45, 7) is 2.08. The van der Waals surface area contributed by atoms with Crippen molar-refractivity contribution in [3.63, 3.8) is 0 Å². The van der Waals surface area contributed by atoms with Gasteiger partial charge in [-0.1, -0.05) is 15.9 Å². The summed E-state index contributed by atoms with van der Waals surface area (Å²) in [4.78, 5) is 12.1. The van der Waals surface area contributed by atoms with E-state index in [4.69, 9.17) is 10.00 Å². The topological polar surface area (TPSA) is 50.1 Å². The molecule has 0 aliphatic carbocycles. The van der Waals surface area contributed by atoms with Gasteiger partial charge in [0.05, 0.1) is 24.7 Å². The molecule has 0 aromatic heterocycles. The number of carbonyl (C=O) groups is 1. The van der Waals surface area contributed by atoms with Crippen molar-refractivity contribution < 1.29 is 9.53 Å². The first kappa shape index (κ1) is 14.1. The Morgan fingerprint density at radius 3 is 2.82 bits per heavy atom. The Labute approximate surface area is 114 Å². The first-order valence-electron chi connectivity index (χ1n) is 5.08. The fraction of sp³-hybridized carbons (Fsp3) is 0.333. The number of benzene rings is 1. The van der Waals surface area contributed by atoms with Gasteiger partial charge < -0.3 is 4.74 Å². The van der Waals surface area contributed by atoms with Gasteiger partial charge in [-0.15, -0.1) is 12.6 Å². The standard InChI is InChI=1S/C12H12BrNO2S/c1-2-16-12(15)5-10-9(7-14)3-8(6-13)4-11(10)17/h3-4,17H,2,5-6H2,1H3. The van der Waals surface area contributed by atoms with Crippen molar-refractivity contribution in [3.8, 4) is 6.07 Å². The molecule has 90 valence electrons. The Morgan fingerprint density at radius 2 is 2.29 bits per heavy atom. The number of carbonyl (C=O) groups excluding carboxylic acids is 1. The van der Waals surface area contributed by atoms with Crippen molar-refractivity contribution in [3.05, 3.63) is 28.8 Å². The van der Waals surface area contributed by atoms with E-state index in [1.165, 1.54) is 0 Å². The van der Waals surface area contributed by atoms with Crippen LogP contribution < -0.4 is 0 Å². The maximum Gasteiger partial charge on any atom is 0.310 e. The lowest BCUT2D eigenvalue weighted by atomic mass is 10.0. The Kier molecular flexibility index (Phi) is 5.52. The number of alkyl halides is 1. The van der Waals surface area contributed by atoms with E-state index in [1.54, 1.807) is 13.0 Å². The minimum atomic E-state index is -0.342. The first-order valence-corrected chi connectivity index (χ1v) is 6.65. The molecule has 0 saturated heterocycles. The molecule has 0 N–H and O–H groups in total. The molecule has 1 aromatic carbocycles. The molecule has 0 unspecified atom stereocenters. The second-order valence-corrected chi connectivity index (χ2v) is 4.41. The van der Waals surface area contributed by atoms with Crippen LogP contribution in [0.25, 0.3) is 0 Å². The van der Waals surface area contributed by atoms with Crippen LogP contribution in [0.15, 0.2) is 17.0 Å². The van der Waals surface area contributed by atoms with Crippen LogP contribution in [0.3, 0.4) is 0 Å². The molecular weight excluding hydrogens is 302 g/mol. The van der Waals surface area contributed by atoms with Gasteiger partial charge in [0, 0.05) is 10.2 Å². The maximum absolute atomic E-state index is 11.4. The number of halogens is 1. The van der Waals surface area contributed by atoms with Crippen molar-refractivity contribution >= 4 is 34.5 Å². The molecule has 0 aliphatic heterocycles. The zero-order valence-corrected chi connectivity index (χ0v) is 11.8. The maximum atomic E-state index is 11.4. The minimum absolute atomic E-state index is 0.0815. The van der Waals surface area contributed by atoms with Crippen LogP contribution >= 0.6 is 28.6 Å². The lowest BCUT2D eigenvalue weighted by Gasteiger charge is -2.09. The number of hydrogen-bond acceptors (Lipinski definition) is 4. The van der Waals surface area contributed by atoms with E-state index in [2.05, 4.69) is 34.6 Å². The van der Waals surface area contributed by atoms with Crippen molar-refractivity contribution in [2.75, 3.05) is 6.61 Å². The van der Waals surface area contributed by atoms with Crippen LogP contribution in [-0.2, 0) is 21.3 Å². The normalized spacial score (nSPS) is 9.76. The van der Waals surface area contributed by atoms with Crippen molar-refractivity contribution in [2.24, 2.45) is 0 Å². The molecule has 0 amide bonds. The summed E-state index contributed by atoms with van der Waals surface area (Å²) >= 11 is 7.63. The van der Waals surface area contributed by atoms with Crippen molar-refractivity contribution in [1.82, 2.24) is 0 Å². The Bertz CT molecular complexity index is 468. The molecule has 0 saturated carbocycles. The van der Waals surface area contributed by atoms with Crippen LogP contribution in [0.1, 0.15) is 23.6 Å². The summed E-state index contributed by atoms with van der Waals surface area (Å²) in [6, 6.07) is 5.67. The van der Waals surface area contributed by atoms with E-state index < -0.39 is 0 Å². The molecule has 0 radical (unpaired) electrons. The Balaban J connectivity index is 3.07. The number of ether oxygens (including phenoxy) is 1. The second-order valence-electron chi connectivity index (χ2n) is 3.37. The lowest BCUT2D eigenvalue weighted by molar-refractivity contribution is -0.142. The molecule has 1 rings (SSSR count). The van der Waals surface area contributed by atoms with Crippen LogP contribution in [0.2, 0.25) is 0 Å². The fourth-order valence-corrected chi connectivity index (χ4v) is 2.12. The Morgan fingerprint density at radius 1 is 1.59 bits per heavy atom. The van der Waals surface area contributed by atoms with Crippen LogP contribution in [0.4, 0.5) is 0 Å². The third-order valence-corrected chi connectivity index (χ3v) is 3.23. The molecule has 0 aliphatic rings. The van der Waals surface area contributed by atoms with E-state index >= 15 is 0 Å². The van der Waals surface area contributed by atoms with Gasteiger partial charge in [0.2, 0.25) is 0 Å². The molecule has 0 fully saturated rings. The lowest BCUT2D eigenvalue weighted by Crippen LogP contribution is -2.09. The SMILES string of the molecule is CCOC(=O)Cc1c(S)cc(CBr)cc1C#N. The first-order chi connectivity index (χ1) is 8.12. The van der Waals surface area contributed by atoms with Gasteiger partial charge >= 0.3 is 5.97 Å². The highest BCUT2D eigenvalue weighted by atomic mass is 79.9. The quantitative estimate of drug-likeness (QED) is 0.528. The monoisotopic (exact) mass is 313 g/mol. The van der Waals surface area contributed by atoms with Crippen LogP contribution in [-0.4, -0.2) is 12.6 Å². The number of hydrogen-bond donors (Lipinski definition) is 1. The predicted octanol–water partition coefficient (Wildman–Crippen LogP) is 2.85. The third kappa shape index (κ3) is 3.76. The average Bonchev–Trinajstić information content (AvgIpc) is 2.31. The van der Waals surface area contributed by atoms with Gasteiger partial charge in [0.1, 0.15) is 0 Å². The molecule has 0 spiro atoms. The molecule has 5 heteroatoms. The smallest absolute Gasteiger partial charge is 0.310 e. The van der Waals surface area contributed by atoms with Gasteiger partial charge in [-0.25, -0.2) is 0 Å². The molecule has 1 aromatic rings. The summed E-state index contributed by atoms with van der Waals surface area (Å²) in [7, 11) is 0. The highest BCUT2D eigenvalue weighted by molar-refractivity contribution is 9.08. The molecule has 0 atom stereocenters. The van der Waals surface area contributed by atoms with E-state index in [0.29, 0.717) is 28.0 Å². The van der Waals surface area contributed by atoms with Gasteiger partial charge in [-0.05, 0) is 30.2 Å². The molecule has 17 heavy (non-hydrogen) atoms. The number of esters is 1. The van der Waals surface area contributed by atoms with Crippen LogP contribution in [0.5, 0.6) is 0 Å². The van der Waals surface area contributed by atoms with E-state index in [1.807, 2.05) is 6.07 Å². The summed E-state index contributed by atoms with van der Waals surface area (Å²) in [5, 5.41) is 9.70. The molecule has 0 heterocycles. The number of nitrogens with zero attached hydrogens (tertiary/aromatic N) is 1. The van der Waals surface area contributed by atoms with E-state index in [0.717, 1.165) is 5.56 Å². The number of nitriles is 1. The summed E-state index contributed by atoms with van der Waals surface area (Å²) in [5.74, 6) is -0.342. The predicted molar refractivity (Wildman–Crippen MR) is 71.4 cm³/mol. The minimum Gasteiger partial charge on any atom is -0.466 e. The van der Waals surface area contributed by atoms with Crippen molar-refractivity contribution in [1.29, 1.82) is 5.26 Å².